The summed E-state index contributed by atoms with van der Waals surface area (Å²) in [6, 6.07) is 1.78. The van der Waals surface area contributed by atoms with E-state index in [9.17, 15) is 4.79 Å². The second-order valence-corrected chi connectivity index (χ2v) is 7.48. The molecule has 2 aromatic heterocycles. The first-order chi connectivity index (χ1) is 12.5. The number of unbranched alkanes of at least 4 members (excludes halogenated alkanes) is 1. The van der Waals surface area contributed by atoms with Gasteiger partial charge in [-0.3, -0.25) is 9.48 Å². The van der Waals surface area contributed by atoms with E-state index in [4.69, 9.17) is 0 Å². The third kappa shape index (κ3) is 3.84. The van der Waals surface area contributed by atoms with Crippen molar-refractivity contribution in [3.8, 4) is 0 Å². The molecule has 1 amide bonds. The largest absolute Gasteiger partial charge is 0.341 e. The molecular formula is C20H31N5O. The molecule has 3 heterocycles. The van der Waals surface area contributed by atoms with Gasteiger partial charge in [-0.2, -0.15) is 5.10 Å². The minimum Gasteiger partial charge on any atom is -0.341 e. The van der Waals surface area contributed by atoms with Crippen LogP contribution in [0.2, 0.25) is 0 Å². The summed E-state index contributed by atoms with van der Waals surface area (Å²) in [4.78, 5) is 19.5. The molecule has 3 rings (SSSR count). The minimum atomic E-state index is -0.244. The van der Waals surface area contributed by atoms with Gasteiger partial charge in [0.15, 0.2) is 0 Å². The predicted molar refractivity (Wildman–Crippen MR) is 102 cm³/mol. The van der Waals surface area contributed by atoms with Gasteiger partial charge in [-0.25, -0.2) is 4.98 Å². The summed E-state index contributed by atoms with van der Waals surface area (Å²) in [5, 5.41) is 4.48. The van der Waals surface area contributed by atoms with Gasteiger partial charge in [0.25, 0.3) is 0 Å². The van der Waals surface area contributed by atoms with E-state index < -0.39 is 0 Å². The highest BCUT2D eigenvalue weighted by molar-refractivity contribution is 5.80. The van der Waals surface area contributed by atoms with Crippen LogP contribution in [0.4, 0.5) is 0 Å². The van der Waals surface area contributed by atoms with Crippen LogP contribution in [-0.4, -0.2) is 43.2 Å². The Kier molecular flexibility index (Phi) is 5.79. The topological polar surface area (TPSA) is 56.0 Å². The Hall–Kier alpha value is -2.11. The summed E-state index contributed by atoms with van der Waals surface area (Å²) in [5.74, 6) is 1.82. The number of imidazole rings is 1. The molecule has 0 N–H and O–H groups in total. The number of aromatic nitrogens is 4. The zero-order valence-electron chi connectivity index (χ0n) is 16.5. The highest BCUT2D eigenvalue weighted by atomic mass is 16.2. The summed E-state index contributed by atoms with van der Waals surface area (Å²) in [6.45, 7) is 10.8. The molecule has 0 unspecified atom stereocenters. The first kappa shape index (κ1) is 18.7. The van der Waals surface area contributed by atoms with Crippen LogP contribution in [0, 0.1) is 13.8 Å². The monoisotopic (exact) mass is 357 g/mol. The molecule has 0 spiro atoms. The average molecular weight is 358 g/mol. The van der Waals surface area contributed by atoms with Crippen LogP contribution in [0.25, 0.3) is 0 Å². The lowest BCUT2D eigenvalue weighted by Gasteiger charge is -2.33. The SMILES string of the molecule is CCCCn1ccnc1C1CCN(C(=O)[C@H](C)n2nc(C)cc2C)CC1. The van der Waals surface area contributed by atoms with Crippen molar-refractivity contribution >= 4 is 5.91 Å². The first-order valence-electron chi connectivity index (χ1n) is 9.83. The van der Waals surface area contributed by atoms with Gasteiger partial charge in [0, 0.05) is 43.6 Å². The average Bonchev–Trinajstić information content (AvgIpc) is 3.24. The molecular weight excluding hydrogens is 326 g/mol. The van der Waals surface area contributed by atoms with E-state index in [0.29, 0.717) is 5.92 Å². The van der Waals surface area contributed by atoms with E-state index in [0.717, 1.165) is 43.9 Å². The van der Waals surface area contributed by atoms with Crippen LogP contribution in [0.5, 0.6) is 0 Å². The summed E-state index contributed by atoms with van der Waals surface area (Å²) < 4.78 is 4.14. The van der Waals surface area contributed by atoms with Crippen LogP contribution in [-0.2, 0) is 11.3 Å². The lowest BCUT2D eigenvalue weighted by Crippen LogP contribution is -2.42. The zero-order valence-corrected chi connectivity index (χ0v) is 16.5. The minimum absolute atomic E-state index is 0.170. The Morgan fingerprint density at radius 2 is 2.04 bits per heavy atom. The molecule has 6 nitrogen and oxygen atoms in total. The molecule has 0 aliphatic carbocycles. The molecule has 0 radical (unpaired) electrons. The molecule has 1 aliphatic rings. The van der Waals surface area contributed by atoms with E-state index in [2.05, 4.69) is 27.8 Å². The van der Waals surface area contributed by atoms with Crippen LogP contribution >= 0.6 is 0 Å². The molecule has 0 saturated carbocycles. The summed E-state index contributed by atoms with van der Waals surface area (Å²) >= 11 is 0. The van der Waals surface area contributed by atoms with Crippen molar-refractivity contribution in [2.75, 3.05) is 13.1 Å². The van der Waals surface area contributed by atoms with Crippen molar-refractivity contribution in [3.05, 3.63) is 35.7 Å². The highest BCUT2D eigenvalue weighted by Gasteiger charge is 2.29. The Bertz CT molecular complexity index is 739. The Morgan fingerprint density at radius 1 is 1.31 bits per heavy atom. The van der Waals surface area contributed by atoms with Crippen molar-refractivity contribution in [1.29, 1.82) is 0 Å². The zero-order chi connectivity index (χ0) is 18.7. The van der Waals surface area contributed by atoms with E-state index >= 15 is 0 Å². The number of piperidine rings is 1. The maximum atomic E-state index is 12.9. The lowest BCUT2D eigenvalue weighted by molar-refractivity contribution is -0.135. The molecule has 6 heteroatoms. The fraction of sp³-hybridized carbons (Fsp3) is 0.650. The van der Waals surface area contributed by atoms with Gasteiger partial charge >= 0.3 is 0 Å². The molecule has 0 aromatic carbocycles. The smallest absolute Gasteiger partial charge is 0.247 e. The van der Waals surface area contributed by atoms with Crippen LogP contribution < -0.4 is 0 Å². The van der Waals surface area contributed by atoms with Crippen molar-refractivity contribution in [2.24, 2.45) is 0 Å². The van der Waals surface area contributed by atoms with Crippen LogP contribution in [0.1, 0.15) is 68.7 Å². The number of nitrogens with zero attached hydrogens (tertiary/aromatic N) is 5. The van der Waals surface area contributed by atoms with Gasteiger partial charge in [0.2, 0.25) is 5.91 Å². The fourth-order valence-corrected chi connectivity index (χ4v) is 3.96. The second kappa shape index (κ2) is 8.06. The van der Waals surface area contributed by atoms with Gasteiger partial charge in [-0.15, -0.1) is 0 Å². The second-order valence-electron chi connectivity index (χ2n) is 7.48. The number of carbonyl (C=O) groups is 1. The maximum absolute atomic E-state index is 12.9. The Morgan fingerprint density at radius 3 is 2.65 bits per heavy atom. The van der Waals surface area contributed by atoms with Gasteiger partial charge in [-0.05, 0) is 46.1 Å². The lowest BCUT2D eigenvalue weighted by atomic mass is 9.95. The van der Waals surface area contributed by atoms with E-state index in [1.165, 1.54) is 18.7 Å². The number of amides is 1. The first-order valence-corrected chi connectivity index (χ1v) is 9.83. The number of likely N-dealkylation sites (tertiary alicyclic amines) is 1. The molecule has 1 fully saturated rings. The van der Waals surface area contributed by atoms with Crippen LogP contribution in [0.15, 0.2) is 18.5 Å². The summed E-state index contributed by atoms with van der Waals surface area (Å²) in [6.07, 6.45) is 8.34. The molecule has 142 valence electrons. The maximum Gasteiger partial charge on any atom is 0.247 e. The van der Waals surface area contributed by atoms with Gasteiger partial charge in [0.05, 0.1) is 5.69 Å². The number of hydrogen-bond donors (Lipinski definition) is 0. The third-order valence-electron chi connectivity index (χ3n) is 5.44. The van der Waals surface area contributed by atoms with Crippen molar-refractivity contribution in [2.45, 2.75) is 71.9 Å². The van der Waals surface area contributed by atoms with Gasteiger partial charge in [0.1, 0.15) is 11.9 Å². The standard InChI is InChI=1S/C20H31N5O/c1-5-6-10-23-13-9-21-19(23)18-7-11-24(12-8-18)20(26)17(4)25-16(3)14-15(2)22-25/h9,13-14,17-18H,5-8,10-12H2,1-4H3/t17-/m0/s1. The van der Waals surface area contributed by atoms with E-state index in [1.807, 2.05) is 42.6 Å². The predicted octanol–water partition coefficient (Wildman–Crippen LogP) is 3.46. The fourth-order valence-electron chi connectivity index (χ4n) is 3.96. The van der Waals surface area contributed by atoms with E-state index in [1.54, 1.807) is 0 Å². The highest BCUT2D eigenvalue weighted by Crippen LogP contribution is 2.28. The number of aryl methyl sites for hydroxylation is 3. The van der Waals surface area contributed by atoms with Crippen molar-refractivity contribution in [1.82, 2.24) is 24.2 Å². The third-order valence-corrected chi connectivity index (χ3v) is 5.44. The summed E-state index contributed by atoms with van der Waals surface area (Å²) in [5.41, 5.74) is 2.00. The molecule has 0 bridgehead atoms. The Balaban J connectivity index is 1.60. The van der Waals surface area contributed by atoms with Gasteiger partial charge in [-0.1, -0.05) is 13.3 Å². The molecule has 26 heavy (non-hydrogen) atoms. The van der Waals surface area contributed by atoms with Crippen molar-refractivity contribution in [3.63, 3.8) is 0 Å². The van der Waals surface area contributed by atoms with E-state index in [-0.39, 0.29) is 11.9 Å². The molecule has 2 aromatic rings. The molecule has 1 saturated heterocycles. The number of carbonyl (C=O) groups excluding carboxylic acids is 1. The van der Waals surface area contributed by atoms with Crippen molar-refractivity contribution < 1.29 is 4.79 Å². The normalized spacial score (nSPS) is 16.8. The molecule has 1 aliphatic heterocycles. The number of hydrogen-bond acceptors (Lipinski definition) is 3. The van der Waals surface area contributed by atoms with Crippen LogP contribution in [0.3, 0.4) is 0 Å². The quantitative estimate of drug-likeness (QED) is 0.795. The number of rotatable bonds is 6. The Labute approximate surface area is 156 Å². The molecule has 1 atom stereocenters. The van der Waals surface area contributed by atoms with Gasteiger partial charge < -0.3 is 9.47 Å². The summed E-state index contributed by atoms with van der Waals surface area (Å²) in [7, 11) is 0.